The van der Waals surface area contributed by atoms with Gasteiger partial charge in [-0.2, -0.15) is 0 Å². The Bertz CT molecular complexity index is 430. The fourth-order valence-electron chi connectivity index (χ4n) is 2.32. The molecule has 0 amide bonds. The van der Waals surface area contributed by atoms with Crippen molar-refractivity contribution >= 4 is 43.9 Å². The molecule has 0 spiro atoms. The summed E-state index contributed by atoms with van der Waals surface area (Å²) in [6.07, 6.45) is -2.22. The molecule has 6 atom stereocenters. The maximum atomic E-state index is 11.5. The standard InChI is InChI=1S/C9H16O9Si3/c1-7-9-8(2)15-20(13,5-11)18-21(6-12,16-9)17-19(3,4-10)14-7/h4-9,13H,1-3H3. The molecule has 2 heterocycles. The Balaban J connectivity index is 2.51. The smallest absolute Gasteiger partial charge is 0.385 e. The lowest BCUT2D eigenvalue weighted by atomic mass is 10.1. The Hall–Kier alpha value is -0.579. The van der Waals surface area contributed by atoms with Crippen molar-refractivity contribution in [1.82, 2.24) is 0 Å². The maximum Gasteiger partial charge on any atom is 0.561 e. The fraction of sp³-hybridized carbons (Fsp3) is 0.667. The van der Waals surface area contributed by atoms with Crippen LogP contribution in [0.4, 0.5) is 0 Å². The zero-order valence-electron chi connectivity index (χ0n) is 11.7. The Kier molecular flexibility index (Phi) is 4.45. The largest absolute Gasteiger partial charge is 0.561 e. The summed E-state index contributed by atoms with van der Waals surface area (Å²) in [5.41, 5.74) is 0. The van der Waals surface area contributed by atoms with Crippen LogP contribution in [-0.4, -0.2) is 67.0 Å². The molecule has 2 saturated heterocycles. The summed E-state index contributed by atoms with van der Waals surface area (Å²) in [6, 6.07) is 0. The zero-order chi connectivity index (χ0) is 15.9. The summed E-state index contributed by atoms with van der Waals surface area (Å²) in [7, 11) is -11.8. The minimum Gasteiger partial charge on any atom is -0.385 e. The predicted octanol–water partition coefficient (Wildman–Crippen LogP) is -1.50. The number of hydrogen-bond donors (Lipinski definition) is 1. The molecule has 118 valence electrons. The molecule has 0 aliphatic carbocycles. The monoisotopic (exact) mass is 352 g/mol. The van der Waals surface area contributed by atoms with Crippen molar-refractivity contribution in [2.75, 3.05) is 0 Å². The zero-order valence-corrected chi connectivity index (χ0v) is 14.7. The number of carbonyl (C=O) groups is 3. The lowest BCUT2D eigenvalue weighted by Gasteiger charge is -2.31. The molecule has 12 heteroatoms. The average Bonchev–Trinajstić information content (AvgIpc) is 2.61. The first kappa shape index (κ1) is 16.8. The van der Waals surface area contributed by atoms with Crippen LogP contribution in [0.25, 0.3) is 0 Å². The van der Waals surface area contributed by atoms with Gasteiger partial charge in [0, 0.05) is 0 Å². The molecule has 9 nitrogen and oxygen atoms in total. The van der Waals surface area contributed by atoms with E-state index >= 15 is 0 Å². The van der Waals surface area contributed by atoms with E-state index in [1.54, 1.807) is 13.8 Å². The molecule has 2 fully saturated rings. The van der Waals surface area contributed by atoms with Gasteiger partial charge in [-0.1, -0.05) is 0 Å². The Labute approximate surface area is 124 Å². The van der Waals surface area contributed by atoms with E-state index in [0.717, 1.165) is 0 Å². The highest BCUT2D eigenvalue weighted by atomic mass is 28.5. The molecule has 0 saturated carbocycles. The minimum absolute atomic E-state index is 0.136. The summed E-state index contributed by atoms with van der Waals surface area (Å²) in [6.45, 7) is 4.62. The van der Waals surface area contributed by atoms with Crippen LogP contribution in [0.15, 0.2) is 0 Å². The maximum absolute atomic E-state index is 11.5. The van der Waals surface area contributed by atoms with Gasteiger partial charge in [0.05, 0.1) is 18.3 Å². The van der Waals surface area contributed by atoms with Gasteiger partial charge in [-0.05, 0) is 20.4 Å². The first-order chi connectivity index (χ1) is 9.70. The van der Waals surface area contributed by atoms with Gasteiger partial charge in [0.15, 0.2) is 17.7 Å². The van der Waals surface area contributed by atoms with Crippen LogP contribution < -0.4 is 0 Å². The summed E-state index contributed by atoms with van der Waals surface area (Å²) in [5.74, 6) is 0.911. The van der Waals surface area contributed by atoms with E-state index in [-0.39, 0.29) is 11.8 Å². The Morgan fingerprint density at radius 1 is 0.905 bits per heavy atom. The molecule has 0 radical (unpaired) electrons. The third-order valence-electron chi connectivity index (χ3n) is 3.14. The van der Waals surface area contributed by atoms with Gasteiger partial charge in [-0.15, -0.1) is 0 Å². The first-order valence-electron chi connectivity index (χ1n) is 6.25. The van der Waals surface area contributed by atoms with E-state index in [2.05, 4.69) is 0 Å². The SMILES string of the molecule is CC1O[Si](C)(C=O)O[Si]2(C=O)OC1C(C)O[Si](O)(C=O)O2. The highest BCUT2D eigenvalue weighted by Crippen LogP contribution is 2.32. The van der Waals surface area contributed by atoms with Gasteiger partial charge >= 0.3 is 26.2 Å². The fourth-order valence-corrected chi connectivity index (χ4v) is 10.8. The van der Waals surface area contributed by atoms with Crippen LogP contribution in [0, 0.1) is 0 Å². The molecule has 0 aromatic rings. The molecule has 21 heavy (non-hydrogen) atoms. The second-order valence-corrected chi connectivity index (χ2v) is 12.6. The van der Waals surface area contributed by atoms with E-state index in [4.69, 9.17) is 21.5 Å². The second-order valence-electron chi connectivity index (χ2n) is 5.04. The molecule has 0 aromatic carbocycles. The van der Waals surface area contributed by atoms with Crippen molar-refractivity contribution < 1.29 is 40.7 Å². The van der Waals surface area contributed by atoms with Gasteiger partial charge in [0.25, 0.3) is 0 Å². The van der Waals surface area contributed by atoms with Crippen molar-refractivity contribution in [3.63, 3.8) is 0 Å². The van der Waals surface area contributed by atoms with Crippen molar-refractivity contribution in [2.24, 2.45) is 0 Å². The number of fused-ring (bicyclic) bond motifs is 2. The molecule has 2 rings (SSSR count). The van der Waals surface area contributed by atoms with Gasteiger partial charge in [-0.25, -0.2) is 0 Å². The van der Waals surface area contributed by atoms with E-state index in [1.807, 2.05) is 0 Å². The van der Waals surface area contributed by atoms with Crippen molar-refractivity contribution in [3.8, 4) is 0 Å². The van der Waals surface area contributed by atoms with Crippen LogP contribution in [0.5, 0.6) is 0 Å². The number of hydrogen-bond acceptors (Lipinski definition) is 9. The van der Waals surface area contributed by atoms with E-state index in [9.17, 15) is 19.2 Å². The Morgan fingerprint density at radius 2 is 1.52 bits per heavy atom. The lowest BCUT2D eigenvalue weighted by molar-refractivity contribution is -0.0104. The van der Waals surface area contributed by atoms with Crippen molar-refractivity contribution in [3.05, 3.63) is 0 Å². The molecule has 0 aromatic heterocycles. The highest BCUT2D eigenvalue weighted by molar-refractivity contribution is 7.04. The third-order valence-corrected chi connectivity index (χ3v) is 11.4. The van der Waals surface area contributed by atoms with Crippen molar-refractivity contribution in [2.45, 2.75) is 38.7 Å². The minimum atomic E-state index is -4.28. The summed E-state index contributed by atoms with van der Waals surface area (Å²) >= 11 is 0. The third kappa shape index (κ3) is 3.13. The van der Waals surface area contributed by atoms with Gasteiger partial charge in [-0.3, -0.25) is 0 Å². The normalized spacial score (nSPS) is 50.6. The van der Waals surface area contributed by atoms with Crippen LogP contribution >= 0.6 is 0 Å². The van der Waals surface area contributed by atoms with Gasteiger partial charge in [0.1, 0.15) is 0 Å². The van der Waals surface area contributed by atoms with Crippen LogP contribution in [0.1, 0.15) is 13.8 Å². The number of rotatable bonds is 3. The quantitative estimate of drug-likeness (QED) is 0.478. The first-order valence-corrected chi connectivity index (χ1v) is 12.3. The van der Waals surface area contributed by atoms with Crippen LogP contribution in [0.2, 0.25) is 6.55 Å². The molecular formula is C9H16O9Si3. The molecule has 2 bridgehead atoms. The van der Waals surface area contributed by atoms with E-state index < -0.39 is 44.5 Å². The van der Waals surface area contributed by atoms with Gasteiger partial charge < -0.3 is 40.7 Å². The highest BCUT2D eigenvalue weighted by Gasteiger charge is 2.64. The number of carbonyl (C=O) groups excluding carboxylic acids is 3. The van der Waals surface area contributed by atoms with Gasteiger partial charge in [0.2, 0.25) is 0 Å². The molecule has 1 N–H and O–H groups in total. The average molecular weight is 352 g/mol. The van der Waals surface area contributed by atoms with E-state index in [0.29, 0.717) is 5.91 Å². The summed E-state index contributed by atoms with van der Waals surface area (Å²) in [4.78, 5) is 44.0. The van der Waals surface area contributed by atoms with Crippen LogP contribution in [0.3, 0.4) is 0 Å². The topological polar surface area (TPSA) is 118 Å². The molecule has 2 aliphatic rings. The molecule has 2 aliphatic heterocycles. The lowest BCUT2D eigenvalue weighted by Crippen LogP contribution is -2.62. The summed E-state index contributed by atoms with van der Waals surface area (Å²) in [5, 5.41) is 0. The molecular weight excluding hydrogens is 336 g/mol. The predicted molar refractivity (Wildman–Crippen MR) is 73.7 cm³/mol. The van der Waals surface area contributed by atoms with Crippen LogP contribution in [-0.2, 0) is 35.9 Å². The summed E-state index contributed by atoms with van der Waals surface area (Å²) < 4.78 is 27.1. The Morgan fingerprint density at radius 3 is 2.05 bits per heavy atom. The second kappa shape index (κ2) is 5.56. The molecule has 6 unspecified atom stereocenters. The van der Waals surface area contributed by atoms with E-state index in [1.165, 1.54) is 6.55 Å². The van der Waals surface area contributed by atoms with Crippen molar-refractivity contribution in [1.29, 1.82) is 0 Å².